The number of ether oxygens (including phenoxy) is 17. The first-order valence-corrected chi connectivity index (χ1v) is 36.5. The Balaban J connectivity index is 0.710. The molecule has 0 radical (unpaired) electrons. The zero-order valence-corrected chi connectivity index (χ0v) is 60.3. The molecule has 3 unspecified atom stereocenters. The van der Waals surface area contributed by atoms with Gasteiger partial charge in [-0.05, 0) is 115 Å². The Morgan fingerprint density at radius 3 is 1.62 bits per heavy atom. The van der Waals surface area contributed by atoms with Gasteiger partial charge in [0.2, 0.25) is 0 Å². The highest BCUT2D eigenvalue weighted by molar-refractivity contribution is 5.82. The molecule has 0 spiro atoms. The minimum Gasteiger partial charge on any atom is -0.454 e. The molecule has 0 amide bonds. The van der Waals surface area contributed by atoms with Gasteiger partial charge in [-0.1, -0.05) is 31.1 Å². The summed E-state index contributed by atoms with van der Waals surface area (Å²) in [5, 5.41) is 163. The van der Waals surface area contributed by atoms with Gasteiger partial charge in [-0.2, -0.15) is 0 Å². The number of esters is 1. The van der Waals surface area contributed by atoms with Crippen molar-refractivity contribution in [2.24, 2.45) is 34.5 Å². The van der Waals surface area contributed by atoms with Gasteiger partial charge in [0, 0.05) is 39.1 Å². The van der Waals surface area contributed by atoms with Crippen LogP contribution in [0.5, 0.6) is 0 Å². The summed E-state index contributed by atoms with van der Waals surface area (Å²) in [6, 6.07) is 0. The highest BCUT2D eigenvalue weighted by Gasteiger charge is 2.64. The van der Waals surface area contributed by atoms with Gasteiger partial charge in [0.25, 0.3) is 0 Å². The normalized spacial score (nSPS) is 51.3. The first kappa shape index (κ1) is 82.3. The summed E-state index contributed by atoms with van der Waals surface area (Å²) in [5.74, 6) is -1.21. The van der Waals surface area contributed by atoms with E-state index in [0.29, 0.717) is 32.1 Å². The van der Waals surface area contributed by atoms with Crippen LogP contribution in [0.1, 0.15) is 113 Å². The standard InChI is InChI=1S/C70H112O34/c1-26(2)17-43(75)101-59-28(4)92-44(20-36(59)74)102-60-29(5)93-45(21-38(60)88-9)103-61-30(6)94-67(58(87)62(61)89-10)95-32-13-15-69(7)31(18-32)11-12-33-34(69)14-16-70(8)35(33)19-37(46(70)27(3)73)96-65-56(85)53(82)49(78)41(99-65)25-91-68-63(104-66-57(86)52(81)48(77)40(23-72)98-66)54(83)50(79)42(100-68)24-90-64-55(84)51(80)47(76)39(22-71)97-64/h11,17,28-30,32-42,44-68,71-72,74,76-87H,12-16,18-25H2,1-10H3/t28-,29-,30-,32+,33?,34?,35?,36+,37-,38+,39-,40-,41-,42-,44+,45+,46+,47-,48-,49-,50-,51+,52+,53+,54+,55-,56-,57-,58-,59-,60-,61-,62-,63-,64-,65-,66+,67+,68-,69+,70+/m1/s1. The van der Waals surface area contributed by atoms with Crippen LogP contribution in [0.15, 0.2) is 23.3 Å². The second-order valence-corrected chi connectivity index (χ2v) is 31.1. The molecule has 4 aliphatic carbocycles. The number of allylic oxidation sites excluding steroid dienone is 2. The zero-order chi connectivity index (χ0) is 75.5. The summed E-state index contributed by atoms with van der Waals surface area (Å²) < 4.78 is 103. The lowest BCUT2D eigenvalue weighted by Gasteiger charge is -2.58. The van der Waals surface area contributed by atoms with Crippen molar-refractivity contribution in [3.63, 3.8) is 0 Å². The van der Waals surface area contributed by atoms with Crippen molar-refractivity contribution in [1.82, 2.24) is 0 Å². The van der Waals surface area contributed by atoms with Gasteiger partial charge in [-0.3, -0.25) is 4.79 Å². The van der Waals surface area contributed by atoms with E-state index in [-0.39, 0.29) is 47.9 Å². The van der Waals surface area contributed by atoms with Crippen molar-refractivity contribution in [3.8, 4) is 0 Å². The van der Waals surface area contributed by atoms with Crippen LogP contribution in [-0.2, 0) is 90.1 Å². The minimum atomic E-state index is -2.06. The van der Waals surface area contributed by atoms with Crippen LogP contribution in [0, 0.1) is 34.5 Å². The van der Waals surface area contributed by atoms with Crippen LogP contribution in [0.2, 0.25) is 0 Å². The molecule has 7 aliphatic heterocycles. The van der Waals surface area contributed by atoms with Crippen molar-refractivity contribution in [2.45, 2.75) is 328 Å². The van der Waals surface area contributed by atoms with Gasteiger partial charge in [0.05, 0.1) is 69.2 Å². The number of ketones is 1. The fourth-order valence-electron chi connectivity index (χ4n) is 18.5. The van der Waals surface area contributed by atoms with Gasteiger partial charge >= 0.3 is 5.97 Å². The van der Waals surface area contributed by atoms with Crippen molar-refractivity contribution in [1.29, 1.82) is 0 Å². The first-order chi connectivity index (χ1) is 49.2. The number of carbonyl (C=O) groups is 2. The second-order valence-electron chi connectivity index (χ2n) is 31.1. The third kappa shape index (κ3) is 16.6. The van der Waals surface area contributed by atoms with Gasteiger partial charge in [0.15, 0.2) is 50.1 Å². The highest BCUT2D eigenvalue weighted by Crippen LogP contribution is 2.67. The van der Waals surface area contributed by atoms with E-state index in [1.165, 1.54) is 25.7 Å². The van der Waals surface area contributed by atoms with Crippen molar-refractivity contribution in [2.75, 3.05) is 40.6 Å². The summed E-state index contributed by atoms with van der Waals surface area (Å²) in [6.07, 6.45) is -39.7. The number of fused-ring (bicyclic) bond motifs is 5. The predicted octanol–water partition coefficient (Wildman–Crippen LogP) is -3.78. The molecule has 7 saturated heterocycles. The minimum absolute atomic E-state index is 0.0338. The molecule has 3 saturated carbocycles. The quantitative estimate of drug-likeness (QED) is 0.0265. The molecule has 11 aliphatic rings. The van der Waals surface area contributed by atoms with Gasteiger partial charge in [0.1, 0.15) is 128 Å². The smallest absolute Gasteiger partial charge is 0.331 e. The predicted molar refractivity (Wildman–Crippen MR) is 348 cm³/mol. The van der Waals surface area contributed by atoms with Crippen LogP contribution in [0.3, 0.4) is 0 Å². The van der Waals surface area contributed by atoms with Gasteiger partial charge < -0.3 is 157 Å². The van der Waals surface area contributed by atoms with E-state index in [4.69, 9.17) is 80.5 Å². The Morgan fingerprint density at radius 2 is 1.03 bits per heavy atom. The molecule has 10 fully saturated rings. The average Bonchev–Trinajstić information content (AvgIpc) is 1.48. The molecule has 7 heterocycles. The summed E-state index contributed by atoms with van der Waals surface area (Å²) in [4.78, 5) is 26.4. The van der Waals surface area contributed by atoms with Gasteiger partial charge in [-0.15, -0.1) is 0 Å². The third-order valence-electron chi connectivity index (χ3n) is 24.2. The maximum absolute atomic E-state index is 14.1. The molecule has 34 heteroatoms. The Labute approximate surface area is 603 Å². The largest absolute Gasteiger partial charge is 0.454 e. The number of aliphatic hydroxyl groups is 15. The molecule has 0 aromatic heterocycles. The molecule has 41 atom stereocenters. The molecule has 34 nitrogen and oxygen atoms in total. The molecule has 0 aromatic carbocycles. The monoisotopic (exact) mass is 1500 g/mol. The van der Waals surface area contributed by atoms with Crippen molar-refractivity contribution >= 4 is 11.8 Å². The third-order valence-corrected chi connectivity index (χ3v) is 24.2. The number of Topliss-reactive ketones (excluding diaryl/α,β-unsaturated/α-hetero) is 1. The Hall–Kier alpha value is -2.62. The fourth-order valence-corrected chi connectivity index (χ4v) is 18.5. The van der Waals surface area contributed by atoms with Crippen LogP contribution < -0.4 is 0 Å². The molecule has 0 aromatic rings. The Morgan fingerprint density at radius 1 is 0.500 bits per heavy atom. The Bertz CT molecular complexity index is 2880. The summed E-state index contributed by atoms with van der Waals surface area (Å²) in [7, 11) is 3.03. The van der Waals surface area contributed by atoms with Crippen molar-refractivity contribution in [3.05, 3.63) is 23.3 Å². The topological polar surface area (TPSA) is 495 Å². The van der Waals surface area contributed by atoms with Crippen LogP contribution in [-0.4, -0.2) is 344 Å². The molecule has 11 rings (SSSR count). The molecule has 104 heavy (non-hydrogen) atoms. The Kier molecular flexibility index (Phi) is 27.0. The summed E-state index contributed by atoms with van der Waals surface area (Å²) in [6.45, 7) is 11.6. The van der Waals surface area contributed by atoms with Gasteiger partial charge in [-0.25, -0.2) is 4.79 Å². The fraction of sp³-hybridized carbons (Fsp3) is 0.914. The number of carbonyl (C=O) groups excluding carboxylic acids is 2. The average molecular weight is 1500 g/mol. The number of methoxy groups -OCH3 is 2. The summed E-state index contributed by atoms with van der Waals surface area (Å²) in [5.41, 5.74) is 1.14. The number of hydrogen-bond acceptors (Lipinski definition) is 34. The van der Waals surface area contributed by atoms with E-state index in [1.54, 1.807) is 27.9 Å². The molecule has 15 N–H and O–H groups in total. The summed E-state index contributed by atoms with van der Waals surface area (Å²) >= 11 is 0. The SMILES string of the molecule is CO[C@@H]1[C@@H](O)[C@H](O[C@H]2CC[C@@]3(C)C(=CCC4C3CC[C@@]3(C)C4C[C@@H](O[C@@H]4O[C@H](CO[C@@H]5O[C@H](CO[C@@H]6O[C@H](CO)[C@@H](O)[C@H](O)[C@H]6O)[C@@H](O)[C@H](O)[C@H]5O[C@@H]5O[C@H](CO)[C@@H](O)[C@H](O)[C@H]5O)[C@@H](O)[C@H](O)[C@H]4O)[C@@H]3C(C)=O)C2)O[C@H](C)[C@H]1O[C@H]1C[C@H](OC)[C@H](O[C@H]2C[C@H](O)[C@H](OC(=O)C=C(C)C)[C@@H](C)O2)[C@@H](C)O1. The zero-order valence-electron chi connectivity index (χ0n) is 60.3. The van der Waals surface area contributed by atoms with Crippen LogP contribution >= 0.6 is 0 Å². The van der Waals surface area contributed by atoms with E-state index < -0.39 is 253 Å². The lowest BCUT2D eigenvalue weighted by Crippen LogP contribution is -2.65. The first-order valence-electron chi connectivity index (χ1n) is 36.5. The lowest BCUT2D eigenvalue weighted by atomic mass is 9.47. The van der Waals surface area contributed by atoms with E-state index >= 15 is 0 Å². The molecule has 596 valence electrons. The maximum Gasteiger partial charge on any atom is 0.331 e. The molecule has 0 bridgehead atoms. The van der Waals surface area contributed by atoms with E-state index in [9.17, 15) is 86.2 Å². The van der Waals surface area contributed by atoms with Crippen molar-refractivity contribution < 1.29 is 167 Å². The number of hydrogen-bond donors (Lipinski definition) is 15. The van der Waals surface area contributed by atoms with E-state index in [1.807, 2.05) is 13.8 Å². The van der Waals surface area contributed by atoms with Crippen LogP contribution in [0.4, 0.5) is 0 Å². The maximum atomic E-state index is 14.1. The van der Waals surface area contributed by atoms with E-state index in [2.05, 4.69) is 19.9 Å². The highest BCUT2D eigenvalue weighted by atomic mass is 16.8. The molecular formula is C70H112O34. The van der Waals surface area contributed by atoms with Crippen LogP contribution in [0.25, 0.3) is 0 Å². The number of aliphatic hydroxyl groups excluding tert-OH is 15. The number of rotatable bonds is 23. The second kappa shape index (κ2) is 34.2. The van der Waals surface area contributed by atoms with E-state index in [0.717, 1.165) is 18.4 Å². The lowest BCUT2D eigenvalue weighted by molar-refractivity contribution is -0.378. The molecular weight excluding hydrogens is 1380 g/mol.